The highest BCUT2D eigenvalue weighted by molar-refractivity contribution is 6.07. The van der Waals surface area contributed by atoms with Gasteiger partial charge in [0, 0.05) is 41.2 Å². The van der Waals surface area contributed by atoms with Crippen molar-refractivity contribution in [1.82, 2.24) is 4.90 Å². The van der Waals surface area contributed by atoms with E-state index in [1.54, 1.807) is 26.8 Å². The Bertz CT molecular complexity index is 1560. The van der Waals surface area contributed by atoms with Crippen LogP contribution in [0.5, 0.6) is 11.5 Å². The number of imide groups is 1. The molecule has 6 atom stereocenters. The zero-order chi connectivity index (χ0) is 33.4. The lowest BCUT2D eigenvalue weighted by Gasteiger charge is -2.67. The molecule has 1 N–H and O–H groups in total. The molecule has 0 bridgehead atoms. The van der Waals surface area contributed by atoms with Crippen molar-refractivity contribution in [3.05, 3.63) is 58.7 Å². The van der Waals surface area contributed by atoms with Gasteiger partial charge in [0.05, 0.1) is 18.2 Å². The number of nitrogens with zero attached hydrogens (tertiary/aromatic N) is 1. The van der Waals surface area contributed by atoms with Crippen LogP contribution in [0.15, 0.2) is 36.4 Å². The SMILES string of the molecule is CC(=O)O[C@H]1C[C@@]23Oc4c(c(OCc5ccccc5)cc5c4CN(C(=O)OC(C)(C)C)C5=O)C[C@]2(C)[C@@H](C)CC[C@H]3C(C)(C)[C@H]1O. The summed E-state index contributed by atoms with van der Waals surface area (Å²) >= 11 is 0. The lowest BCUT2D eigenvalue weighted by atomic mass is 9.43. The number of carbonyl (C=O) groups excluding carboxylic acids is 3. The number of aliphatic hydroxyl groups is 1. The second-order valence-corrected chi connectivity index (χ2v) is 15.6. The lowest BCUT2D eigenvalue weighted by molar-refractivity contribution is -0.264. The first-order chi connectivity index (χ1) is 21.5. The fourth-order valence-corrected chi connectivity index (χ4v) is 8.71. The van der Waals surface area contributed by atoms with E-state index in [1.165, 1.54) is 6.92 Å². The Morgan fingerprint density at radius 3 is 2.43 bits per heavy atom. The van der Waals surface area contributed by atoms with E-state index in [4.69, 9.17) is 18.9 Å². The minimum Gasteiger partial charge on any atom is -0.488 e. The molecule has 0 radical (unpaired) electrons. The number of esters is 1. The highest BCUT2D eigenvalue weighted by atomic mass is 16.6. The fourth-order valence-electron chi connectivity index (χ4n) is 8.71. The van der Waals surface area contributed by atoms with Gasteiger partial charge in [-0.1, -0.05) is 58.0 Å². The number of hydrogen-bond donors (Lipinski definition) is 1. The number of rotatable bonds is 4. The number of carbonyl (C=O) groups is 3. The predicted molar refractivity (Wildman–Crippen MR) is 170 cm³/mol. The Morgan fingerprint density at radius 1 is 1.09 bits per heavy atom. The molecule has 4 aliphatic rings. The first-order valence-corrected chi connectivity index (χ1v) is 16.4. The van der Waals surface area contributed by atoms with E-state index >= 15 is 0 Å². The average molecular weight is 634 g/mol. The molecule has 9 heteroatoms. The molecule has 0 aromatic heterocycles. The van der Waals surface area contributed by atoms with Crippen LogP contribution in [0.2, 0.25) is 0 Å². The monoisotopic (exact) mass is 633 g/mol. The number of benzene rings is 2. The topological polar surface area (TPSA) is 112 Å². The van der Waals surface area contributed by atoms with Gasteiger partial charge >= 0.3 is 12.1 Å². The van der Waals surface area contributed by atoms with Crippen LogP contribution in [0.25, 0.3) is 0 Å². The van der Waals surface area contributed by atoms with Gasteiger partial charge in [0.25, 0.3) is 5.91 Å². The minimum atomic E-state index is -0.870. The molecule has 2 aromatic carbocycles. The molecule has 2 aromatic rings. The van der Waals surface area contributed by atoms with Gasteiger partial charge in [-0.05, 0) is 57.6 Å². The number of amides is 2. The van der Waals surface area contributed by atoms with Crippen molar-refractivity contribution in [2.24, 2.45) is 22.7 Å². The molecule has 9 nitrogen and oxygen atoms in total. The average Bonchev–Trinajstić information content (AvgIpc) is 3.30. The van der Waals surface area contributed by atoms with Crippen molar-refractivity contribution in [2.45, 2.75) is 118 Å². The summed E-state index contributed by atoms with van der Waals surface area (Å²) in [6, 6.07) is 11.6. The van der Waals surface area contributed by atoms with Gasteiger partial charge < -0.3 is 24.1 Å². The molecule has 2 aliphatic heterocycles. The third kappa shape index (κ3) is 5.06. The van der Waals surface area contributed by atoms with Crippen molar-refractivity contribution in [3.63, 3.8) is 0 Å². The molecule has 2 aliphatic carbocycles. The predicted octanol–water partition coefficient (Wildman–Crippen LogP) is 6.61. The third-order valence-electron chi connectivity index (χ3n) is 11.3. The van der Waals surface area contributed by atoms with Crippen LogP contribution in [0.1, 0.15) is 102 Å². The standard InChI is InChI=1S/C37H47NO8/c1-21-14-15-29-35(6,7)31(40)28(44-22(2)39)18-37(29)36(21,8)17-25-27(43-20-23-12-10-9-11-13-23)16-24-26(30(25)45-37)19-38(32(24)41)33(42)46-34(3,4)5/h9-13,16,21,28-29,31,40H,14-15,17-20H2,1-8H3/t21-,28-,29-,31-,36+,37-/m0/s1. The molecular formula is C37H47NO8. The van der Waals surface area contributed by atoms with E-state index in [9.17, 15) is 19.5 Å². The highest BCUT2D eigenvalue weighted by Gasteiger charge is 2.70. The van der Waals surface area contributed by atoms with E-state index in [-0.39, 0.29) is 18.4 Å². The zero-order valence-electron chi connectivity index (χ0n) is 28.3. The van der Waals surface area contributed by atoms with Crippen LogP contribution in [0, 0.1) is 22.7 Å². The summed E-state index contributed by atoms with van der Waals surface area (Å²) in [5.41, 5.74) is 0.149. The van der Waals surface area contributed by atoms with Gasteiger partial charge in [-0.25, -0.2) is 9.69 Å². The second kappa shape index (κ2) is 11.0. The van der Waals surface area contributed by atoms with Crippen LogP contribution in [-0.2, 0) is 33.8 Å². The van der Waals surface area contributed by atoms with E-state index in [2.05, 4.69) is 13.8 Å². The summed E-state index contributed by atoms with van der Waals surface area (Å²) in [6.07, 6.45) is 0.344. The van der Waals surface area contributed by atoms with Gasteiger partial charge in [0.15, 0.2) is 0 Å². The van der Waals surface area contributed by atoms with E-state index in [0.29, 0.717) is 42.1 Å². The molecule has 46 heavy (non-hydrogen) atoms. The van der Waals surface area contributed by atoms with Crippen molar-refractivity contribution in [3.8, 4) is 11.5 Å². The van der Waals surface area contributed by atoms with Crippen molar-refractivity contribution >= 4 is 18.0 Å². The van der Waals surface area contributed by atoms with Crippen LogP contribution < -0.4 is 9.47 Å². The molecule has 0 unspecified atom stereocenters. The lowest BCUT2D eigenvalue weighted by Crippen LogP contribution is -2.73. The Hall–Kier alpha value is -3.59. The summed E-state index contributed by atoms with van der Waals surface area (Å²) in [7, 11) is 0. The van der Waals surface area contributed by atoms with Crippen molar-refractivity contribution < 1.29 is 38.4 Å². The first kappa shape index (κ1) is 32.4. The Kier molecular flexibility index (Phi) is 7.74. The van der Waals surface area contributed by atoms with Gasteiger partial charge in [-0.15, -0.1) is 0 Å². The summed E-state index contributed by atoms with van der Waals surface area (Å²) in [5.74, 6) is 0.347. The zero-order valence-corrected chi connectivity index (χ0v) is 28.3. The summed E-state index contributed by atoms with van der Waals surface area (Å²) < 4.78 is 25.3. The van der Waals surface area contributed by atoms with E-state index in [0.717, 1.165) is 28.9 Å². The molecule has 2 fully saturated rings. The van der Waals surface area contributed by atoms with Gasteiger partial charge in [-0.2, -0.15) is 0 Å². The third-order valence-corrected chi connectivity index (χ3v) is 11.3. The summed E-state index contributed by atoms with van der Waals surface area (Å²) in [5, 5.41) is 11.6. The molecule has 6 rings (SSSR count). The maximum absolute atomic E-state index is 13.9. The maximum atomic E-state index is 13.9. The normalized spacial score (nSPS) is 31.1. The molecular weight excluding hydrogens is 586 g/mol. The largest absolute Gasteiger partial charge is 0.488 e. The maximum Gasteiger partial charge on any atom is 0.417 e. The second-order valence-electron chi connectivity index (χ2n) is 15.6. The Morgan fingerprint density at radius 2 is 1.78 bits per heavy atom. The van der Waals surface area contributed by atoms with Crippen LogP contribution in [-0.4, -0.2) is 51.4 Å². The molecule has 2 amide bonds. The number of hydrogen-bond acceptors (Lipinski definition) is 8. The molecule has 0 saturated heterocycles. The fraction of sp³-hybridized carbons (Fsp3) is 0.595. The Balaban J connectivity index is 1.51. The molecule has 248 valence electrons. The number of ether oxygens (including phenoxy) is 4. The molecule has 2 heterocycles. The first-order valence-electron chi connectivity index (χ1n) is 16.4. The van der Waals surface area contributed by atoms with Crippen molar-refractivity contribution in [2.75, 3.05) is 0 Å². The number of aliphatic hydroxyl groups excluding tert-OH is 1. The molecule has 2 saturated carbocycles. The summed E-state index contributed by atoms with van der Waals surface area (Å²) in [4.78, 5) is 40.5. The van der Waals surface area contributed by atoms with E-state index in [1.807, 2.05) is 44.2 Å². The summed E-state index contributed by atoms with van der Waals surface area (Å²) in [6.45, 7) is 15.5. The van der Waals surface area contributed by atoms with Crippen LogP contribution in [0.4, 0.5) is 4.79 Å². The quantitative estimate of drug-likeness (QED) is 0.375. The van der Waals surface area contributed by atoms with Crippen molar-refractivity contribution in [1.29, 1.82) is 0 Å². The van der Waals surface area contributed by atoms with Gasteiger partial charge in [0.2, 0.25) is 0 Å². The smallest absolute Gasteiger partial charge is 0.417 e. The van der Waals surface area contributed by atoms with Gasteiger partial charge in [-0.3, -0.25) is 9.59 Å². The number of fused-ring (bicyclic) bond motifs is 3. The van der Waals surface area contributed by atoms with Crippen LogP contribution >= 0.6 is 0 Å². The Labute approximate surface area is 271 Å². The highest BCUT2D eigenvalue weighted by Crippen LogP contribution is 2.67. The van der Waals surface area contributed by atoms with E-state index < -0.39 is 52.2 Å². The van der Waals surface area contributed by atoms with Gasteiger partial charge in [0.1, 0.15) is 35.4 Å². The minimum absolute atomic E-state index is 0.0107. The molecule has 1 spiro atoms. The van der Waals surface area contributed by atoms with Crippen LogP contribution in [0.3, 0.4) is 0 Å².